The van der Waals surface area contributed by atoms with Crippen molar-refractivity contribution in [3.05, 3.63) is 42.0 Å². The van der Waals surface area contributed by atoms with Gasteiger partial charge in [0.2, 0.25) is 11.6 Å². The van der Waals surface area contributed by atoms with Crippen LogP contribution in [0.15, 0.2) is 40.8 Å². The van der Waals surface area contributed by atoms with E-state index in [1.807, 2.05) is 0 Å². The summed E-state index contributed by atoms with van der Waals surface area (Å²) in [6, 6.07) is 9.59. The van der Waals surface area contributed by atoms with Gasteiger partial charge in [0.15, 0.2) is 11.5 Å². The maximum Gasteiger partial charge on any atom is 0.252 e. The quantitative estimate of drug-likeness (QED) is 0.659. The van der Waals surface area contributed by atoms with E-state index in [9.17, 15) is 9.90 Å². The van der Waals surface area contributed by atoms with Crippen LogP contribution in [0, 0.1) is 0 Å². The Morgan fingerprint density at radius 1 is 0.885 bits per heavy atom. The monoisotopic (exact) mass is 355 g/mol. The molecule has 0 aliphatic rings. The Morgan fingerprint density at radius 2 is 1.54 bits per heavy atom. The molecule has 8 heteroatoms. The minimum Gasteiger partial charge on any atom is -0.545 e. The lowest BCUT2D eigenvalue weighted by atomic mass is 10.1. The summed E-state index contributed by atoms with van der Waals surface area (Å²) < 4.78 is 21.7. The Morgan fingerprint density at radius 3 is 2.15 bits per heavy atom. The first-order chi connectivity index (χ1) is 12.6. The average molecular weight is 355 g/mol. The van der Waals surface area contributed by atoms with Gasteiger partial charge < -0.3 is 28.5 Å². The van der Waals surface area contributed by atoms with Gasteiger partial charge in [-0.05, 0) is 18.2 Å². The van der Waals surface area contributed by atoms with Crippen LogP contribution in [-0.2, 0) is 0 Å². The fourth-order valence-electron chi connectivity index (χ4n) is 2.56. The highest BCUT2D eigenvalue weighted by atomic mass is 16.5. The second-order valence-corrected chi connectivity index (χ2v) is 5.13. The number of aromatic carboxylic acids is 1. The van der Waals surface area contributed by atoms with Gasteiger partial charge in [0.1, 0.15) is 0 Å². The van der Waals surface area contributed by atoms with Gasteiger partial charge in [0.25, 0.3) is 5.89 Å². The van der Waals surface area contributed by atoms with Crippen molar-refractivity contribution in [1.82, 2.24) is 10.2 Å². The summed E-state index contributed by atoms with van der Waals surface area (Å²) in [4.78, 5) is 11.3. The van der Waals surface area contributed by atoms with Gasteiger partial charge in [0.05, 0.1) is 32.9 Å². The minimum atomic E-state index is -1.33. The molecule has 0 saturated heterocycles. The topological polar surface area (TPSA) is 107 Å². The number of carbonyl (C=O) groups excluding carboxylic acids is 1. The summed E-state index contributed by atoms with van der Waals surface area (Å²) in [6.45, 7) is 0. The molecule has 0 aliphatic carbocycles. The van der Waals surface area contributed by atoms with E-state index >= 15 is 0 Å². The van der Waals surface area contributed by atoms with Crippen molar-refractivity contribution < 1.29 is 28.5 Å². The third kappa shape index (κ3) is 2.92. The van der Waals surface area contributed by atoms with Gasteiger partial charge in [-0.1, -0.05) is 18.2 Å². The fraction of sp³-hybridized carbons (Fsp3) is 0.167. The van der Waals surface area contributed by atoms with E-state index < -0.39 is 5.97 Å². The molecule has 0 amide bonds. The van der Waals surface area contributed by atoms with Crippen LogP contribution in [0.2, 0.25) is 0 Å². The molecule has 3 rings (SSSR count). The molecular formula is C18H15N2O6-. The van der Waals surface area contributed by atoms with Crippen molar-refractivity contribution in [3.8, 4) is 40.2 Å². The molecule has 0 N–H and O–H groups in total. The molecule has 2 aromatic carbocycles. The molecule has 26 heavy (non-hydrogen) atoms. The van der Waals surface area contributed by atoms with E-state index in [4.69, 9.17) is 18.6 Å². The van der Waals surface area contributed by atoms with Gasteiger partial charge in [0, 0.05) is 11.1 Å². The summed E-state index contributed by atoms with van der Waals surface area (Å²) in [6.07, 6.45) is 0. The number of benzene rings is 2. The lowest BCUT2D eigenvalue weighted by Crippen LogP contribution is -2.22. The molecule has 0 saturated carbocycles. The third-order valence-corrected chi connectivity index (χ3v) is 3.74. The molecule has 134 valence electrons. The standard InChI is InChI=1S/C18H16N2O6/c1-23-13-9-8-12(14(24-2)15(13)25-3)17-20-19-16(26-17)10-6-4-5-7-11(10)18(21)22/h4-9H,1-3H3,(H,21,22)/p-1. The van der Waals surface area contributed by atoms with Crippen LogP contribution in [0.3, 0.4) is 0 Å². The minimum absolute atomic E-state index is 0.0398. The van der Waals surface area contributed by atoms with Gasteiger partial charge in [-0.3, -0.25) is 0 Å². The molecule has 1 aromatic heterocycles. The first-order valence-electron chi connectivity index (χ1n) is 7.54. The molecule has 0 bridgehead atoms. The van der Waals surface area contributed by atoms with E-state index in [-0.39, 0.29) is 22.9 Å². The number of ether oxygens (including phenoxy) is 3. The summed E-state index contributed by atoms with van der Waals surface area (Å²) in [5.74, 6) is 0.0828. The predicted molar refractivity (Wildman–Crippen MR) is 89.2 cm³/mol. The molecule has 0 spiro atoms. The van der Waals surface area contributed by atoms with E-state index in [0.717, 1.165) is 0 Å². The molecule has 0 aliphatic heterocycles. The Kier molecular flexibility index (Phi) is 4.74. The molecule has 0 atom stereocenters. The zero-order valence-corrected chi connectivity index (χ0v) is 14.3. The normalized spacial score (nSPS) is 10.4. The number of carboxylic acid groups (broad SMARTS) is 1. The van der Waals surface area contributed by atoms with Gasteiger partial charge in [-0.2, -0.15) is 0 Å². The highest BCUT2D eigenvalue weighted by Gasteiger charge is 2.22. The van der Waals surface area contributed by atoms with Gasteiger partial charge in [-0.25, -0.2) is 0 Å². The Labute approximate surface area is 149 Å². The van der Waals surface area contributed by atoms with E-state index in [2.05, 4.69) is 10.2 Å². The van der Waals surface area contributed by atoms with Crippen molar-refractivity contribution in [2.75, 3.05) is 21.3 Å². The maximum absolute atomic E-state index is 11.3. The molecule has 8 nitrogen and oxygen atoms in total. The molecule has 0 unspecified atom stereocenters. The second-order valence-electron chi connectivity index (χ2n) is 5.13. The van der Waals surface area contributed by atoms with Crippen LogP contribution < -0.4 is 19.3 Å². The zero-order valence-electron chi connectivity index (χ0n) is 14.3. The number of rotatable bonds is 6. The van der Waals surface area contributed by atoms with Crippen molar-refractivity contribution >= 4 is 5.97 Å². The Balaban J connectivity index is 2.11. The van der Waals surface area contributed by atoms with E-state index in [0.29, 0.717) is 22.8 Å². The van der Waals surface area contributed by atoms with Crippen LogP contribution >= 0.6 is 0 Å². The molecule has 3 aromatic rings. The zero-order chi connectivity index (χ0) is 18.7. The lowest BCUT2D eigenvalue weighted by Gasteiger charge is -2.13. The lowest BCUT2D eigenvalue weighted by molar-refractivity contribution is -0.254. The van der Waals surface area contributed by atoms with Gasteiger partial charge in [-0.15, -0.1) is 10.2 Å². The van der Waals surface area contributed by atoms with Crippen molar-refractivity contribution in [2.45, 2.75) is 0 Å². The van der Waals surface area contributed by atoms with Crippen LogP contribution in [-0.4, -0.2) is 37.5 Å². The number of hydrogen-bond acceptors (Lipinski definition) is 8. The molecule has 1 heterocycles. The summed E-state index contributed by atoms with van der Waals surface area (Å²) in [5, 5.41) is 19.2. The highest BCUT2D eigenvalue weighted by molar-refractivity contribution is 5.93. The highest BCUT2D eigenvalue weighted by Crippen LogP contribution is 2.44. The number of methoxy groups -OCH3 is 3. The molecule has 0 fully saturated rings. The SMILES string of the molecule is COc1ccc(-c2nnc(-c3ccccc3C(=O)[O-])o2)c(OC)c1OC. The van der Waals surface area contributed by atoms with Crippen LogP contribution in [0.4, 0.5) is 0 Å². The predicted octanol–water partition coefficient (Wildman–Crippen LogP) is 1.79. The Bertz CT molecular complexity index is 951. The number of carboxylic acids is 1. The summed E-state index contributed by atoms with van der Waals surface area (Å²) in [5.41, 5.74) is 0.711. The number of nitrogens with zero attached hydrogens (tertiary/aromatic N) is 2. The van der Waals surface area contributed by atoms with Crippen molar-refractivity contribution in [3.63, 3.8) is 0 Å². The first kappa shape index (κ1) is 17.3. The molecule has 0 radical (unpaired) electrons. The maximum atomic E-state index is 11.3. The summed E-state index contributed by atoms with van der Waals surface area (Å²) >= 11 is 0. The first-order valence-corrected chi connectivity index (χ1v) is 7.54. The molecular weight excluding hydrogens is 340 g/mol. The van der Waals surface area contributed by atoms with Gasteiger partial charge >= 0.3 is 0 Å². The number of carbonyl (C=O) groups is 1. The second kappa shape index (κ2) is 7.14. The number of aromatic nitrogens is 2. The van der Waals surface area contributed by atoms with E-state index in [1.165, 1.54) is 27.4 Å². The van der Waals surface area contributed by atoms with Crippen molar-refractivity contribution in [1.29, 1.82) is 0 Å². The van der Waals surface area contributed by atoms with Crippen LogP contribution in [0.5, 0.6) is 17.2 Å². The fourth-order valence-corrected chi connectivity index (χ4v) is 2.56. The van der Waals surface area contributed by atoms with Crippen LogP contribution in [0.1, 0.15) is 10.4 Å². The summed E-state index contributed by atoms with van der Waals surface area (Å²) in [7, 11) is 4.47. The average Bonchev–Trinajstić information content (AvgIpc) is 3.16. The smallest absolute Gasteiger partial charge is 0.252 e. The van der Waals surface area contributed by atoms with Crippen molar-refractivity contribution in [2.24, 2.45) is 0 Å². The third-order valence-electron chi connectivity index (χ3n) is 3.74. The Hall–Kier alpha value is -3.55. The van der Waals surface area contributed by atoms with Crippen LogP contribution in [0.25, 0.3) is 22.9 Å². The van der Waals surface area contributed by atoms with E-state index in [1.54, 1.807) is 30.3 Å². The number of hydrogen-bond donors (Lipinski definition) is 0. The largest absolute Gasteiger partial charge is 0.545 e.